The number of hydrogen-bond acceptors (Lipinski definition) is 7. The molecule has 3 aromatic rings. The summed E-state index contributed by atoms with van der Waals surface area (Å²) in [6, 6.07) is 18.0. The summed E-state index contributed by atoms with van der Waals surface area (Å²) in [5.74, 6) is 2.08. The molecule has 0 spiro atoms. The Bertz CT molecular complexity index is 1210. The van der Waals surface area contributed by atoms with Crippen LogP contribution in [0.15, 0.2) is 71.9 Å². The molecule has 0 radical (unpaired) electrons. The molecule has 1 aromatic heterocycles. The Hall–Kier alpha value is -4.73. The van der Waals surface area contributed by atoms with Gasteiger partial charge in [-0.1, -0.05) is 29.8 Å². The van der Waals surface area contributed by atoms with Crippen molar-refractivity contribution in [3.8, 4) is 11.5 Å². The van der Waals surface area contributed by atoms with Crippen LogP contribution >= 0.6 is 0 Å². The molecule has 0 aliphatic rings. The van der Waals surface area contributed by atoms with Crippen LogP contribution in [0.5, 0.6) is 11.5 Å². The number of aldehydes is 1. The third kappa shape index (κ3) is 9.38. The molecule has 0 unspecified atom stereocenters. The van der Waals surface area contributed by atoms with E-state index in [1.54, 1.807) is 56.7 Å². The zero-order chi connectivity index (χ0) is 27.9. The number of anilines is 1. The van der Waals surface area contributed by atoms with E-state index in [2.05, 4.69) is 20.6 Å². The number of nitrogens with one attached hydrogen (secondary N) is 2. The van der Waals surface area contributed by atoms with Crippen molar-refractivity contribution in [2.24, 2.45) is 4.99 Å². The van der Waals surface area contributed by atoms with Gasteiger partial charge in [0.15, 0.2) is 0 Å². The molecule has 10 nitrogen and oxygen atoms in total. The predicted octanol–water partition coefficient (Wildman–Crippen LogP) is 4.74. The van der Waals surface area contributed by atoms with Crippen LogP contribution in [0.4, 0.5) is 16.3 Å². The number of carbonyl (C=O) groups excluding carboxylic acids is 3. The highest BCUT2D eigenvalue weighted by Gasteiger charge is 2.17. The Balaban J connectivity index is 0.00000161. The van der Waals surface area contributed by atoms with Crippen LogP contribution in [-0.2, 0) is 16.1 Å². The monoisotopic (exact) mass is 518 g/mol. The van der Waals surface area contributed by atoms with Gasteiger partial charge in [-0.3, -0.25) is 15.0 Å². The molecule has 0 saturated carbocycles. The van der Waals surface area contributed by atoms with Gasteiger partial charge in [0.25, 0.3) is 0 Å². The third-order valence-corrected chi connectivity index (χ3v) is 5.21. The SMILES string of the molecule is CC=O.CCN(C)C(=O)NC(=Nc1ccc(Oc2ccnc(NC)c2)cc1)N(C=O)Cc1ccc(C)cc1. The number of hydrogen-bond donors (Lipinski definition) is 2. The molecule has 200 valence electrons. The molecule has 38 heavy (non-hydrogen) atoms. The molecule has 0 aliphatic carbocycles. The molecule has 2 aromatic carbocycles. The van der Waals surface area contributed by atoms with E-state index in [0.29, 0.717) is 36.0 Å². The number of aliphatic imine (C=N–C) groups is 1. The van der Waals surface area contributed by atoms with Gasteiger partial charge in [0.2, 0.25) is 12.4 Å². The van der Waals surface area contributed by atoms with Gasteiger partial charge >= 0.3 is 6.03 Å². The lowest BCUT2D eigenvalue weighted by Crippen LogP contribution is -2.47. The lowest BCUT2D eigenvalue weighted by molar-refractivity contribution is -0.115. The van der Waals surface area contributed by atoms with E-state index in [0.717, 1.165) is 17.4 Å². The first-order valence-electron chi connectivity index (χ1n) is 12.0. The lowest BCUT2D eigenvalue weighted by atomic mass is 10.1. The number of pyridine rings is 1. The Morgan fingerprint density at radius 2 is 1.71 bits per heavy atom. The highest BCUT2D eigenvalue weighted by molar-refractivity contribution is 6.01. The Morgan fingerprint density at radius 3 is 2.29 bits per heavy atom. The van der Waals surface area contributed by atoms with Crippen molar-refractivity contribution in [1.82, 2.24) is 20.1 Å². The quantitative estimate of drug-likeness (QED) is 0.253. The van der Waals surface area contributed by atoms with Crippen LogP contribution in [-0.4, -0.2) is 60.1 Å². The lowest BCUT2D eigenvalue weighted by Gasteiger charge is -2.23. The van der Waals surface area contributed by atoms with Crippen LogP contribution in [0.2, 0.25) is 0 Å². The first-order valence-corrected chi connectivity index (χ1v) is 12.0. The molecule has 0 fully saturated rings. The largest absolute Gasteiger partial charge is 0.457 e. The molecular weight excluding hydrogens is 484 g/mol. The fourth-order valence-electron chi connectivity index (χ4n) is 3.01. The second kappa shape index (κ2) is 15.4. The molecule has 0 bridgehead atoms. The maximum atomic E-state index is 12.6. The summed E-state index contributed by atoms with van der Waals surface area (Å²) in [6.07, 6.45) is 3.06. The van der Waals surface area contributed by atoms with Crippen molar-refractivity contribution >= 4 is 36.2 Å². The minimum atomic E-state index is -0.361. The first-order chi connectivity index (χ1) is 18.3. The van der Waals surface area contributed by atoms with E-state index in [1.165, 1.54) is 16.7 Å². The number of guanidine groups is 1. The van der Waals surface area contributed by atoms with Crippen molar-refractivity contribution in [1.29, 1.82) is 0 Å². The Kier molecular flexibility index (Phi) is 12.0. The molecule has 0 atom stereocenters. The smallest absolute Gasteiger partial charge is 0.323 e. The summed E-state index contributed by atoms with van der Waals surface area (Å²) in [5, 5.41) is 5.72. The van der Waals surface area contributed by atoms with Gasteiger partial charge in [0, 0.05) is 32.9 Å². The third-order valence-electron chi connectivity index (χ3n) is 5.21. The number of urea groups is 1. The van der Waals surface area contributed by atoms with Crippen molar-refractivity contribution in [3.05, 3.63) is 78.0 Å². The molecule has 10 heteroatoms. The van der Waals surface area contributed by atoms with Crippen molar-refractivity contribution in [3.63, 3.8) is 0 Å². The van der Waals surface area contributed by atoms with E-state index in [-0.39, 0.29) is 18.5 Å². The molecule has 3 amide bonds. The van der Waals surface area contributed by atoms with E-state index in [4.69, 9.17) is 9.53 Å². The van der Waals surface area contributed by atoms with Gasteiger partial charge in [-0.2, -0.15) is 0 Å². The van der Waals surface area contributed by atoms with Crippen molar-refractivity contribution in [2.45, 2.75) is 27.3 Å². The van der Waals surface area contributed by atoms with Gasteiger partial charge < -0.3 is 19.7 Å². The second-order valence-electron chi connectivity index (χ2n) is 8.06. The molecule has 2 N–H and O–H groups in total. The van der Waals surface area contributed by atoms with Crippen molar-refractivity contribution < 1.29 is 19.1 Å². The Labute approximate surface area is 223 Å². The molecule has 1 heterocycles. The van der Waals surface area contributed by atoms with Crippen LogP contribution in [0.3, 0.4) is 0 Å². The Morgan fingerprint density at radius 1 is 1.05 bits per heavy atom. The maximum Gasteiger partial charge on any atom is 0.323 e. The van der Waals surface area contributed by atoms with Crippen molar-refractivity contribution in [2.75, 3.05) is 26.0 Å². The fourth-order valence-corrected chi connectivity index (χ4v) is 3.01. The standard InChI is InChI=1S/C26H30N6O3.C2H4O/c1-5-31(4)26(34)30-25(32(18-33)17-20-8-6-19(2)7-9-20)29-21-10-12-22(13-11-21)35-23-14-15-28-24(16-23)27-3;1-2-3/h6-16,18H,5,17H2,1-4H3,(H,27,28)(H,29,30,34);2H,1H3. The number of carbonyl (C=O) groups is 3. The number of aryl methyl sites for hydroxylation is 1. The second-order valence-corrected chi connectivity index (χ2v) is 8.06. The number of nitrogens with zero attached hydrogens (tertiary/aromatic N) is 4. The molecule has 0 aliphatic heterocycles. The molecule has 3 rings (SSSR count). The average molecular weight is 519 g/mol. The van der Waals surface area contributed by atoms with Crippen LogP contribution in [0.25, 0.3) is 0 Å². The topological polar surface area (TPSA) is 116 Å². The van der Waals surface area contributed by atoms with Gasteiger partial charge in [0.1, 0.15) is 23.6 Å². The van der Waals surface area contributed by atoms with Crippen LogP contribution < -0.4 is 15.4 Å². The van der Waals surface area contributed by atoms with E-state index < -0.39 is 0 Å². The summed E-state index contributed by atoms with van der Waals surface area (Å²) in [4.78, 5) is 44.9. The highest BCUT2D eigenvalue weighted by Crippen LogP contribution is 2.25. The van der Waals surface area contributed by atoms with Crippen LogP contribution in [0, 0.1) is 6.92 Å². The summed E-state index contributed by atoms with van der Waals surface area (Å²) in [7, 11) is 3.46. The predicted molar refractivity (Wildman–Crippen MR) is 149 cm³/mol. The number of benzene rings is 2. The normalized spacial score (nSPS) is 10.4. The first kappa shape index (κ1) is 29.5. The number of rotatable bonds is 8. The molecule has 0 saturated heterocycles. The average Bonchev–Trinajstić information content (AvgIpc) is 2.93. The van der Waals surface area contributed by atoms with Crippen LogP contribution in [0.1, 0.15) is 25.0 Å². The summed E-state index contributed by atoms with van der Waals surface area (Å²) < 4.78 is 5.88. The van der Waals surface area contributed by atoms with E-state index in [1.807, 2.05) is 38.1 Å². The van der Waals surface area contributed by atoms with Gasteiger partial charge in [-0.15, -0.1) is 0 Å². The van der Waals surface area contributed by atoms with Gasteiger partial charge in [-0.05, 0) is 56.7 Å². The minimum absolute atomic E-state index is 0.132. The maximum absolute atomic E-state index is 12.6. The number of ether oxygens (including phenoxy) is 1. The zero-order valence-electron chi connectivity index (χ0n) is 22.3. The van der Waals surface area contributed by atoms with E-state index >= 15 is 0 Å². The zero-order valence-corrected chi connectivity index (χ0v) is 22.3. The summed E-state index contributed by atoms with van der Waals surface area (Å²) >= 11 is 0. The van der Waals surface area contributed by atoms with Gasteiger partial charge in [-0.25, -0.2) is 14.8 Å². The van der Waals surface area contributed by atoms with E-state index in [9.17, 15) is 9.59 Å². The summed E-state index contributed by atoms with van der Waals surface area (Å²) in [6.45, 7) is 6.07. The van der Waals surface area contributed by atoms with Gasteiger partial charge in [0.05, 0.1) is 12.2 Å². The fraction of sp³-hybridized carbons (Fsp3) is 0.250. The molecular formula is C28H34N6O4. The number of aromatic nitrogens is 1. The highest BCUT2D eigenvalue weighted by atomic mass is 16.5. The summed E-state index contributed by atoms with van der Waals surface area (Å²) in [5.41, 5.74) is 2.58. The number of amides is 3. The minimum Gasteiger partial charge on any atom is -0.457 e.